The molecule has 452 valence electrons. The highest BCUT2D eigenvalue weighted by Crippen LogP contribution is 2.13. The lowest BCUT2D eigenvalue weighted by Crippen LogP contribution is -2.30. The summed E-state index contributed by atoms with van der Waals surface area (Å²) in [5.74, 6) is -0.977. The number of allylic oxidation sites excluding steroid dienone is 30. The molecule has 0 bridgehead atoms. The maximum Gasteiger partial charge on any atom is 0.306 e. The van der Waals surface area contributed by atoms with Crippen LogP contribution in [-0.4, -0.2) is 37.2 Å². The topological polar surface area (TPSA) is 78.9 Å². The normalized spacial score (nSPS) is 13.4. The van der Waals surface area contributed by atoms with Crippen LogP contribution < -0.4 is 0 Å². The molecule has 0 aliphatic carbocycles. The van der Waals surface area contributed by atoms with Crippen LogP contribution in [0, 0.1) is 0 Å². The van der Waals surface area contributed by atoms with Gasteiger partial charge in [0.1, 0.15) is 13.2 Å². The summed E-state index contributed by atoms with van der Waals surface area (Å²) in [6, 6.07) is 0. The van der Waals surface area contributed by atoms with Crippen molar-refractivity contribution in [1.29, 1.82) is 0 Å². The van der Waals surface area contributed by atoms with Crippen LogP contribution >= 0.6 is 0 Å². The molecule has 0 aliphatic rings. The summed E-state index contributed by atoms with van der Waals surface area (Å²) < 4.78 is 16.8. The van der Waals surface area contributed by atoms with Crippen LogP contribution in [-0.2, 0) is 28.6 Å². The third-order valence-electron chi connectivity index (χ3n) is 12.9. The Morgan fingerprint density at radius 3 is 0.778 bits per heavy atom. The van der Waals surface area contributed by atoms with Crippen molar-refractivity contribution in [1.82, 2.24) is 0 Å². The monoisotopic (exact) mass is 1110 g/mol. The zero-order valence-corrected chi connectivity index (χ0v) is 51.7. The van der Waals surface area contributed by atoms with Gasteiger partial charge in [-0.25, -0.2) is 0 Å². The van der Waals surface area contributed by atoms with Gasteiger partial charge < -0.3 is 14.2 Å². The number of carbonyl (C=O) groups excluding carboxylic acids is 3. The Morgan fingerprint density at radius 1 is 0.259 bits per heavy atom. The molecule has 0 radical (unpaired) electrons. The smallest absolute Gasteiger partial charge is 0.306 e. The summed E-state index contributed by atoms with van der Waals surface area (Å²) in [4.78, 5) is 38.1. The summed E-state index contributed by atoms with van der Waals surface area (Å²) in [5.41, 5.74) is 0. The van der Waals surface area contributed by atoms with Crippen molar-refractivity contribution in [3.05, 3.63) is 182 Å². The van der Waals surface area contributed by atoms with Gasteiger partial charge in [0.05, 0.1) is 0 Å². The molecule has 0 saturated carbocycles. The second-order valence-electron chi connectivity index (χ2n) is 20.6. The molecule has 6 nitrogen and oxygen atoms in total. The van der Waals surface area contributed by atoms with Crippen LogP contribution in [0.2, 0.25) is 0 Å². The van der Waals surface area contributed by atoms with E-state index in [0.29, 0.717) is 19.3 Å². The van der Waals surface area contributed by atoms with Crippen molar-refractivity contribution in [2.45, 2.75) is 258 Å². The first-order chi connectivity index (χ1) is 40.0. The molecule has 0 heterocycles. The molecular formula is C75H116O6. The zero-order chi connectivity index (χ0) is 58.5. The van der Waals surface area contributed by atoms with E-state index in [-0.39, 0.29) is 37.5 Å². The van der Waals surface area contributed by atoms with E-state index in [1.165, 1.54) is 51.4 Å². The van der Waals surface area contributed by atoms with Crippen molar-refractivity contribution in [3.63, 3.8) is 0 Å². The molecule has 81 heavy (non-hydrogen) atoms. The summed E-state index contributed by atoms with van der Waals surface area (Å²) in [6.45, 7) is 6.31. The summed E-state index contributed by atoms with van der Waals surface area (Å²) in [5, 5.41) is 0. The first kappa shape index (κ1) is 75.5. The van der Waals surface area contributed by atoms with Gasteiger partial charge in [0.15, 0.2) is 6.10 Å². The Hall–Kier alpha value is -5.49. The lowest BCUT2D eigenvalue weighted by molar-refractivity contribution is -0.167. The maximum absolute atomic E-state index is 12.8. The highest BCUT2D eigenvalue weighted by atomic mass is 16.6. The molecule has 1 unspecified atom stereocenters. The van der Waals surface area contributed by atoms with Crippen molar-refractivity contribution in [2.24, 2.45) is 0 Å². The summed E-state index contributed by atoms with van der Waals surface area (Å²) in [7, 11) is 0. The molecular weight excluding hydrogens is 997 g/mol. The van der Waals surface area contributed by atoms with Gasteiger partial charge in [-0.3, -0.25) is 14.4 Å². The predicted molar refractivity (Wildman–Crippen MR) is 352 cm³/mol. The fourth-order valence-electron chi connectivity index (χ4n) is 8.14. The van der Waals surface area contributed by atoms with Crippen molar-refractivity contribution >= 4 is 17.9 Å². The second-order valence-corrected chi connectivity index (χ2v) is 20.6. The summed E-state index contributed by atoms with van der Waals surface area (Å²) >= 11 is 0. The minimum absolute atomic E-state index is 0.106. The second kappa shape index (κ2) is 67.0. The third-order valence-corrected chi connectivity index (χ3v) is 12.9. The van der Waals surface area contributed by atoms with E-state index in [1.807, 2.05) is 0 Å². The number of ether oxygens (including phenoxy) is 3. The Bertz CT molecular complexity index is 1900. The van der Waals surface area contributed by atoms with E-state index >= 15 is 0 Å². The Morgan fingerprint density at radius 2 is 0.481 bits per heavy atom. The van der Waals surface area contributed by atoms with E-state index in [4.69, 9.17) is 14.2 Å². The molecule has 6 heteroatoms. The first-order valence-corrected chi connectivity index (χ1v) is 32.3. The average molecular weight is 1110 g/mol. The fourth-order valence-corrected chi connectivity index (χ4v) is 8.14. The van der Waals surface area contributed by atoms with Crippen molar-refractivity contribution in [3.8, 4) is 0 Å². The lowest BCUT2D eigenvalue weighted by atomic mass is 10.1. The molecule has 0 aliphatic heterocycles. The molecule has 0 aromatic carbocycles. The van der Waals surface area contributed by atoms with Crippen LogP contribution in [0.5, 0.6) is 0 Å². The highest BCUT2D eigenvalue weighted by molar-refractivity contribution is 5.71. The molecule has 0 amide bonds. The number of hydrogen-bond acceptors (Lipinski definition) is 6. The Balaban J connectivity index is 4.25. The number of rotatable bonds is 56. The van der Waals surface area contributed by atoms with Gasteiger partial charge in [-0.2, -0.15) is 0 Å². The van der Waals surface area contributed by atoms with Crippen molar-refractivity contribution in [2.75, 3.05) is 13.2 Å². The SMILES string of the molecule is CC/C=C\C/C=C\C/C=C\C/C=C\C/C=C\C/C=C\C/C=C\C/C=C\C/C=C\CCCCCCCCCC(=O)OCC(COC(=O)CCCCCCCCC)OC(=O)CCCC/C=C\C/C=C\C/C=C\C/C=C\C/C=C\C/C=C\CC. The van der Waals surface area contributed by atoms with Gasteiger partial charge in [0, 0.05) is 19.3 Å². The van der Waals surface area contributed by atoms with Crippen LogP contribution in [0.3, 0.4) is 0 Å². The van der Waals surface area contributed by atoms with Crippen LogP contribution in [0.1, 0.15) is 252 Å². The van der Waals surface area contributed by atoms with Crippen LogP contribution in [0.15, 0.2) is 182 Å². The van der Waals surface area contributed by atoms with Gasteiger partial charge in [0.2, 0.25) is 0 Å². The molecule has 0 aromatic rings. The van der Waals surface area contributed by atoms with E-state index in [0.717, 1.165) is 154 Å². The number of hydrogen-bond donors (Lipinski definition) is 0. The van der Waals surface area contributed by atoms with Gasteiger partial charge in [-0.15, -0.1) is 0 Å². The largest absolute Gasteiger partial charge is 0.462 e. The van der Waals surface area contributed by atoms with Gasteiger partial charge in [-0.1, -0.05) is 274 Å². The van der Waals surface area contributed by atoms with E-state index < -0.39 is 6.10 Å². The van der Waals surface area contributed by atoms with E-state index in [9.17, 15) is 14.4 Å². The quantitative estimate of drug-likeness (QED) is 0.0261. The fraction of sp³-hybridized carbons (Fsp3) is 0.560. The minimum atomic E-state index is -0.813. The molecule has 0 fully saturated rings. The summed E-state index contributed by atoms with van der Waals surface area (Å²) in [6.07, 6.45) is 101. The van der Waals surface area contributed by atoms with Crippen LogP contribution in [0.4, 0.5) is 0 Å². The molecule has 0 N–H and O–H groups in total. The number of esters is 3. The minimum Gasteiger partial charge on any atom is -0.462 e. The Labute approximate surface area is 497 Å². The van der Waals surface area contributed by atoms with E-state index in [2.05, 4.69) is 203 Å². The maximum atomic E-state index is 12.8. The number of carbonyl (C=O) groups is 3. The average Bonchev–Trinajstić information content (AvgIpc) is 3.47. The van der Waals surface area contributed by atoms with Crippen molar-refractivity contribution < 1.29 is 28.6 Å². The Kier molecular flexibility index (Phi) is 62.5. The van der Waals surface area contributed by atoms with Gasteiger partial charge >= 0.3 is 17.9 Å². The van der Waals surface area contributed by atoms with E-state index in [1.54, 1.807) is 0 Å². The van der Waals surface area contributed by atoms with Gasteiger partial charge in [0.25, 0.3) is 0 Å². The van der Waals surface area contributed by atoms with Crippen LogP contribution in [0.25, 0.3) is 0 Å². The lowest BCUT2D eigenvalue weighted by Gasteiger charge is -2.18. The molecule has 0 saturated heterocycles. The van der Waals surface area contributed by atoms with Gasteiger partial charge in [-0.05, 0) is 141 Å². The molecule has 0 spiro atoms. The standard InChI is InChI=1S/C75H116O6/c1-4-7-10-13-16-18-20-22-24-26-28-30-31-32-33-34-35-36-37-38-39-40-41-42-43-45-46-48-50-52-54-56-59-62-65-68-74(77)80-71-72(70-79-73(76)67-64-61-58-15-12-9-6-3)81-75(78)69-66-63-60-57-55-53-51-49-47-44-29-27-25-23-21-19-17-14-11-8-5-2/h7-8,10-11,16-19,22-25,28-30,32-33,35-36,38-39,41-42,44-46,49,51,55,57,72H,4-6,9,12-15,20-21,26-27,31,34,37,40,43,47-48,50,52-54,56,58-71H2,1-3H3/b10-7-,11-8-,18-16-,19-17-,24-22-,25-23-,30-28-,33-32-,36-35-,39-38-,42-41-,44-29-,46-45-,51-49-,57-55-. The molecule has 1 atom stereocenters. The predicted octanol–water partition coefficient (Wildman–Crippen LogP) is 22.4. The molecule has 0 rings (SSSR count). The molecule has 0 aromatic heterocycles. The third kappa shape index (κ3) is 65.2. The first-order valence-electron chi connectivity index (χ1n) is 32.3. The highest BCUT2D eigenvalue weighted by Gasteiger charge is 2.19. The number of unbranched alkanes of at least 4 members (excludes halogenated alkanes) is 15. The zero-order valence-electron chi connectivity index (χ0n) is 51.7.